The van der Waals surface area contributed by atoms with E-state index in [2.05, 4.69) is 20.5 Å². The molecule has 0 radical (unpaired) electrons. The molecule has 4 nitrogen and oxygen atoms in total. The van der Waals surface area contributed by atoms with Crippen LogP contribution in [0.15, 0.2) is 4.99 Å². The van der Waals surface area contributed by atoms with Crippen LogP contribution in [0.4, 0.5) is 0 Å². The summed E-state index contributed by atoms with van der Waals surface area (Å²) in [5, 5.41) is 7.10. The first-order valence-electron chi connectivity index (χ1n) is 9.06. The van der Waals surface area contributed by atoms with E-state index in [-0.39, 0.29) is 0 Å². The van der Waals surface area contributed by atoms with Crippen molar-refractivity contribution in [3.63, 3.8) is 0 Å². The summed E-state index contributed by atoms with van der Waals surface area (Å²) >= 11 is 0. The monoisotopic (exact) mass is 292 g/mol. The Labute approximate surface area is 129 Å². The standard InChI is InChI=1S/C17H32N4/c1-18-17(19-11-4-5-14-8-9-14)20-15-10-12-21(13-15)16-6-2-3-7-16/h14-16H,2-13H2,1H3,(H2,18,19,20). The SMILES string of the molecule is CN=C(NCCCC1CC1)NC1CCN(C2CCCC2)C1. The topological polar surface area (TPSA) is 39.7 Å². The lowest BCUT2D eigenvalue weighted by Crippen LogP contribution is -2.45. The molecule has 21 heavy (non-hydrogen) atoms. The zero-order chi connectivity index (χ0) is 14.5. The van der Waals surface area contributed by atoms with Crippen molar-refractivity contribution in [2.75, 3.05) is 26.7 Å². The average Bonchev–Trinajstić information content (AvgIpc) is 2.99. The third kappa shape index (κ3) is 4.60. The third-order valence-electron chi connectivity index (χ3n) is 5.40. The van der Waals surface area contributed by atoms with Crippen LogP contribution in [0.25, 0.3) is 0 Å². The maximum atomic E-state index is 4.38. The van der Waals surface area contributed by atoms with Crippen LogP contribution < -0.4 is 10.6 Å². The average molecular weight is 292 g/mol. The third-order valence-corrected chi connectivity index (χ3v) is 5.40. The molecule has 1 heterocycles. The molecule has 1 aliphatic heterocycles. The maximum absolute atomic E-state index is 4.38. The molecule has 3 fully saturated rings. The molecule has 3 aliphatic rings. The largest absolute Gasteiger partial charge is 0.356 e. The minimum atomic E-state index is 0.584. The lowest BCUT2D eigenvalue weighted by molar-refractivity contribution is 0.242. The molecule has 0 aromatic heterocycles. The van der Waals surface area contributed by atoms with Crippen molar-refractivity contribution >= 4 is 5.96 Å². The molecule has 120 valence electrons. The van der Waals surface area contributed by atoms with E-state index < -0.39 is 0 Å². The molecule has 2 saturated carbocycles. The van der Waals surface area contributed by atoms with E-state index in [1.807, 2.05) is 7.05 Å². The Kier molecular flexibility index (Phi) is 5.39. The van der Waals surface area contributed by atoms with Crippen LogP contribution in [0.5, 0.6) is 0 Å². The van der Waals surface area contributed by atoms with Crippen molar-refractivity contribution in [1.29, 1.82) is 0 Å². The molecule has 2 N–H and O–H groups in total. The van der Waals surface area contributed by atoms with Crippen LogP contribution in [0, 0.1) is 5.92 Å². The van der Waals surface area contributed by atoms with E-state index in [9.17, 15) is 0 Å². The minimum absolute atomic E-state index is 0.584. The van der Waals surface area contributed by atoms with Crippen molar-refractivity contribution in [2.45, 2.75) is 69.9 Å². The molecular formula is C17H32N4. The Bertz CT molecular complexity index is 345. The van der Waals surface area contributed by atoms with E-state index >= 15 is 0 Å². The Morgan fingerprint density at radius 1 is 1.14 bits per heavy atom. The summed E-state index contributed by atoms with van der Waals surface area (Å²) in [6, 6.07) is 1.45. The molecule has 4 heteroatoms. The van der Waals surface area contributed by atoms with Crippen LogP contribution in [0.1, 0.15) is 57.8 Å². The van der Waals surface area contributed by atoms with Crippen molar-refractivity contribution in [3.05, 3.63) is 0 Å². The van der Waals surface area contributed by atoms with Gasteiger partial charge in [-0.3, -0.25) is 9.89 Å². The fourth-order valence-electron chi connectivity index (χ4n) is 3.90. The van der Waals surface area contributed by atoms with Gasteiger partial charge in [-0.1, -0.05) is 25.7 Å². The fraction of sp³-hybridized carbons (Fsp3) is 0.941. The number of hydrogen-bond donors (Lipinski definition) is 2. The second-order valence-electron chi connectivity index (χ2n) is 7.15. The molecule has 3 rings (SSSR count). The predicted molar refractivity (Wildman–Crippen MR) is 88.7 cm³/mol. The molecule has 0 amide bonds. The van der Waals surface area contributed by atoms with Crippen LogP contribution >= 0.6 is 0 Å². The first-order chi connectivity index (χ1) is 10.3. The van der Waals surface area contributed by atoms with Crippen LogP contribution in [0.3, 0.4) is 0 Å². The highest BCUT2D eigenvalue weighted by molar-refractivity contribution is 5.79. The van der Waals surface area contributed by atoms with Gasteiger partial charge in [-0.2, -0.15) is 0 Å². The molecule has 1 saturated heterocycles. The zero-order valence-corrected chi connectivity index (χ0v) is 13.6. The summed E-state index contributed by atoms with van der Waals surface area (Å²) in [5.74, 6) is 2.04. The number of nitrogens with one attached hydrogen (secondary N) is 2. The molecule has 1 unspecified atom stereocenters. The summed E-state index contributed by atoms with van der Waals surface area (Å²) in [6.07, 6.45) is 12.6. The highest BCUT2D eigenvalue weighted by Crippen LogP contribution is 2.33. The number of aliphatic imine (C=N–C) groups is 1. The smallest absolute Gasteiger partial charge is 0.191 e. The minimum Gasteiger partial charge on any atom is -0.356 e. The molecule has 1 atom stereocenters. The summed E-state index contributed by atoms with van der Waals surface area (Å²) in [7, 11) is 1.89. The maximum Gasteiger partial charge on any atom is 0.191 e. The lowest BCUT2D eigenvalue weighted by Gasteiger charge is -2.24. The number of hydrogen-bond acceptors (Lipinski definition) is 2. The van der Waals surface area contributed by atoms with Crippen molar-refractivity contribution in [1.82, 2.24) is 15.5 Å². The number of nitrogens with zero attached hydrogens (tertiary/aromatic N) is 2. The summed E-state index contributed by atoms with van der Waals surface area (Å²) < 4.78 is 0. The quantitative estimate of drug-likeness (QED) is 0.448. The van der Waals surface area contributed by atoms with Gasteiger partial charge >= 0.3 is 0 Å². The molecular weight excluding hydrogens is 260 g/mol. The van der Waals surface area contributed by atoms with Gasteiger partial charge in [0.2, 0.25) is 0 Å². The fourth-order valence-corrected chi connectivity index (χ4v) is 3.90. The first-order valence-corrected chi connectivity index (χ1v) is 9.06. The van der Waals surface area contributed by atoms with Gasteiger partial charge < -0.3 is 10.6 Å². The molecule has 0 aromatic carbocycles. The Morgan fingerprint density at radius 3 is 2.67 bits per heavy atom. The van der Waals surface area contributed by atoms with Crippen molar-refractivity contribution < 1.29 is 0 Å². The number of rotatable bonds is 6. The molecule has 2 aliphatic carbocycles. The first kappa shape index (κ1) is 15.1. The molecule has 0 aromatic rings. The second-order valence-corrected chi connectivity index (χ2v) is 7.15. The van der Waals surface area contributed by atoms with Crippen molar-refractivity contribution in [2.24, 2.45) is 10.9 Å². The van der Waals surface area contributed by atoms with Gasteiger partial charge in [0.25, 0.3) is 0 Å². The Balaban J connectivity index is 1.33. The zero-order valence-electron chi connectivity index (χ0n) is 13.6. The Morgan fingerprint density at radius 2 is 1.95 bits per heavy atom. The van der Waals surface area contributed by atoms with Gasteiger partial charge in [0.15, 0.2) is 5.96 Å². The van der Waals surface area contributed by atoms with Crippen LogP contribution in [0.2, 0.25) is 0 Å². The van der Waals surface area contributed by atoms with E-state index in [4.69, 9.17) is 0 Å². The summed E-state index contributed by atoms with van der Waals surface area (Å²) in [5.41, 5.74) is 0. The normalized spacial score (nSPS) is 28.2. The van der Waals surface area contributed by atoms with Gasteiger partial charge in [0, 0.05) is 38.8 Å². The van der Waals surface area contributed by atoms with Gasteiger partial charge in [-0.05, 0) is 38.0 Å². The number of guanidine groups is 1. The van der Waals surface area contributed by atoms with Crippen molar-refractivity contribution in [3.8, 4) is 0 Å². The summed E-state index contributed by atoms with van der Waals surface area (Å²) in [6.45, 7) is 3.53. The van der Waals surface area contributed by atoms with Crippen LogP contribution in [-0.2, 0) is 0 Å². The highest BCUT2D eigenvalue weighted by Gasteiger charge is 2.30. The van der Waals surface area contributed by atoms with E-state index in [1.54, 1.807) is 0 Å². The van der Waals surface area contributed by atoms with E-state index in [1.165, 1.54) is 70.9 Å². The predicted octanol–water partition coefficient (Wildman–Crippen LogP) is 2.36. The van der Waals surface area contributed by atoms with Crippen LogP contribution in [-0.4, -0.2) is 49.6 Å². The second kappa shape index (κ2) is 7.48. The number of likely N-dealkylation sites (tertiary alicyclic amines) is 1. The lowest BCUT2D eigenvalue weighted by atomic mass is 10.2. The highest BCUT2D eigenvalue weighted by atomic mass is 15.3. The van der Waals surface area contributed by atoms with Gasteiger partial charge in [-0.15, -0.1) is 0 Å². The molecule has 0 bridgehead atoms. The summed E-state index contributed by atoms with van der Waals surface area (Å²) in [4.78, 5) is 7.08. The van der Waals surface area contributed by atoms with Gasteiger partial charge in [0.1, 0.15) is 0 Å². The van der Waals surface area contributed by atoms with E-state index in [0.29, 0.717) is 6.04 Å². The Hall–Kier alpha value is -0.770. The molecule has 0 spiro atoms. The van der Waals surface area contributed by atoms with E-state index in [0.717, 1.165) is 24.5 Å². The van der Waals surface area contributed by atoms with Gasteiger partial charge in [-0.25, -0.2) is 0 Å². The van der Waals surface area contributed by atoms with Gasteiger partial charge in [0.05, 0.1) is 0 Å².